The van der Waals surface area contributed by atoms with Crippen LogP contribution in [0.1, 0.15) is 18.5 Å². The number of nitrogens with zero attached hydrogens (tertiary/aromatic N) is 5. The maximum Gasteiger partial charge on any atom is 0.420 e. The van der Waals surface area contributed by atoms with Gasteiger partial charge in [-0.1, -0.05) is 12.1 Å². The molecule has 0 bridgehead atoms. The van der Waals surface area contributed by atoms with Crippen LogP contribution in [0.5, 0.6) is 0 Å². The van der Waals surface area contributed by atoms with E-state index in [1.165, 1.54) is 41.7 Å². The van der Waals surface area contributed by atoms with Crippen LogP contribution in [0, 0.1) is 5.82 Å². The zero-order valence-electron chi connectivity index (χ0n) is 16.8. The van der Waals surface area contributed by atoms with Crippen molar-refractivity contribution in [1.29, 1.82) is 0 Å². The van der Waals surface area contributed by atoms with Crippen LogP contribution in [0.2, 0.25) is 0 Å². The topological polar surface area (TPSA) is 99.1 Å². The number of anilines is 4. The van der Waals surface area contributed by atoms with Crippen LogP contribution in [-0.2, 0) is 0 Å². The van der Waals surface area contributed by atoms with Gasteiger partial charge in [0, 0.05) is 18.5 Å². The molecule has 0 radical (unpaired) electrons. The fourth-order valence-corrected chi connectivity index (χ4v) is 3.17. The number of benzene rings is 1. The first-order valence-electron chi connectivity index (χ1n) is 9.61. The zero-order valence-corrected chi connectivity index (χ0v) is 16.8. The van der Waals surface area contributed by atoms with E-state index in [2.05, 4.69) is 30.6 Å². The molecular formula is C20H19F4N7O. The van der Waals surface area contributed by atoms with Gasteiger partial charge in [-0.25, -0.2) is 9.37 Å². The molecule has 0 saturated carbocycles. The lowest BCUT2D eigenvalue weighted by molar-refractivity contribution is -0.267. The van der Waals surface area contributed by atoms with E-state index in [0.717, 1.165) is 5.56 Å². The van der Waals surface area contributed by atoms with E-state index >= 15 is 0 Å². The van der Waals surface area contributed by atoms with Crippen LogP contribution in [0.25, 0.3) is 0 Å². The second-order valence-electron chi connectivity index (χ2n) is 7.45. The summed E-state index contributed by atoms with van der Waals surface area (Å²) in [7, 11) is 0. The highest BCUT2D eigenvalue weighted by Crippen LogP contribution is 2.40. The summed E-state index contributed by atoms with van der Waals surface area (Å²) in [6, 6.07) is 6.99. The van der Waals surface area contributed by atoms with Crippen molar-refractivity contribution in [3.05, 3.63) is 60.3 Å². The van der Waals surface area contributed by atoms with Crippen LogP contribution in [0.3, 0.4) is 0 Å². The van der Waals surface area contributed by atoms with Gasteiger partial charge in [-0.3, -0.25) is 4.98 Å². The van der Waals surface area contributed by atoms with E-state index in [4.69, 9.17) is 0 Å². The maximum atomic E-state index is 13.2. The molecule has 1 aliphatic heterocycles. The molecule has 0 amide bonds. The number of aliphatic hydroxyl groups is 1. The lowest BCUT2D eigenvalue weighted by Crippen LogP contribution is -2.69. The largest absolute Gasteiger partial charge is 0.420 e. The third-order valence-corrected chi connectivity index (χ3v) is 5.00. The van der Waals surface area contributed by atoms with E-state index in [-0.39, 0.29) is 29.4 Å². The van der Waals surface area contributed by atoms with Crippen LogP contribution < -0.4 is 15.5 Å². The molecule has 1 aromatic carbocycles. The Balaban J connectivity index is 1.59. The van der Waals surface area contributed by atoms with Crippen LogP contribution >= 0.6 is 0 Å². The van der Waals surface area contributed by atoms with E-state index < -0.39 is 24.9 Å². The van der Waals surface area contributed by atoms with Gasteiger partial charge in [0.15, 0.2) is 5.60 Å². The first kappa shape index (κ1) is 21.7. The number of aromatic nitrogens is 4. The maximum absolute atomic E-state index is 13.2. The number of nitrogens with one attached hydrogen (secondary N) is 2. The van der Waals surface area contributed by atoms with Gasteiger partial charge in [-0.2, -0.15) is 23.1 Å². The summed E-state index contributed by atoms with van der Waals surface area (Å²) >= 11 is 0. The van der Waals surface area contributed by atoms with Crippen molar-refractivity contribution in [2.45, 2.75) is 24.7 Å². The Morgan fingerprint density at radius 2 is 1.81 bits per heavy atom. The van der Waals surface area contributed by atoms with E-state index in [1.807, 2.05) is 6.92 Å². The molecule has 0 aliphatic carbocycles. The van der Waals surface area contributed by atoms with E-state index in [9.17, 15) is 22.7 Å². The van der Waals surface area contributed by atoms with Gasteiger partial charge in [0.05, 0.1) is 25.3 Å². The summed E-state index contributed by atoms with van der Waals surface area (Å²) in [6.07, 6.45) is -0.317. The van der Waals surface area contributed by atoms with E-state index in [0.29, 0.717) is 5.82 Å². The molecule has 12 heteroatoms. The van der Waals surface area contributed by atoms with Crippen molar-refractivity contribution < 1.29 is 22.7 Å². The molecule has 1 atom stereocenters. The average molecular weight is 449 g/mol. The Kier molecular flexibility index (Phi) is 5.55. The molecule has 3 N–H and O–H groups in total. The minimum atomic E-state index is -4.74. The van der Waals surface area contributed by atoms with Crippen LogP contribution in [0.4, 0.5) is 41.0 Å². The highest BCUT2D eigenvalue weighted by molar-refractivity contribution is 5.60. The molecule has 0 spiro atoms. The highest BCUT2D eigenvalue weighted by Gasteiger charge is 2.61. The number of hydrogen-bond donors (Lipinski definition) is 3. The number of halogens is 4. The summed E-state index contributed by atoms with van der Waals surface area (Å²) in [5.74, 6) is 0.601. The van der Waals surface area contributed by atoms with Gasteiger partial charge in [-0.15, -0.1) is 0 Å². The molecule has 1 aliphatic rings. The fourth-order valence-electron chi connectivity index (χ4n) is 3.17. The highest BCUT2D eigenvalue weighted by atomic mass is 19.4. The smallest absolute Gasteiger partial charge is 0.378 e. The molecule has 0 unspecified atom stereocenters. The van der Waals surface area contributed by atoms with E-state index in [1.54, 1.807) is 12.1 Å². The summed E-state index contributed by atoms with van der Waals surface area (Å²) in [5, 5.41) is 15.8. The molecular weight excluding hydrogens is 430 g/mol. The average Bonchev–Trinajstić information content (AvgIpc) is 2.71. The van der Waals surface area contributed by atoms with Crippen molar-refractivity contribution in [3.8, 4) is 0 Å². The molecule has 32 heavy (non-hydrogen) atoms. The molecule has 3 heterocycles. The Hall–Kier alpha value is -3.54. The van der Waals surface area contributed by atoms with Crippen molar-refractivity contribution >= 4 is 23.4 Å². The lowest BCUT2D eigenvalue weighted by Gasteiger charge is -2.47. The lowest BCUT2D eigenvalue weighted by atomic mass is 9.93. The minimum Gasteiger partial charge on any atom is -0.378 e. The first-order valence-corrected chi connectivity index (χ1v) is 9.61. The van der Waals surface area contributed by atoms with Crippen molar-refractivity contribution in [1.82, 2.24) is 19.9 Å². The summed E-state index contributed by atoms with van der Waals surface area (Å²) in [6.45, 7) is 0.515. The summed E-state index contributed by atoms with van der Waals surface area (Å²) < 4.78 is 52.3. The minimum absolute atomic E-state index is 0.133. The second kappa shape index (κ2) is 8.19. The van der Waals surface area contributed by atoms with Crippen LogP contribution in [-0.4, -0.2) is 49.9 Å². The summed E-state index contributed by atoms with van der Waals surface area (Å²) in [4.78, 5) is 18.0. The molecule has 1 fully saturated rings. The molecule has 8 nitrogen and oxygen atoms in total. The SMILES string of the molecule is C[C@H](Nc1nc(Nc2cnccn2)cc(N2CC(O)(C(F)(F)F)C2)n1)c1ccc(F)cc1. The third kappa shape index (κ3) is 4.54. The van der Waals surface area contributed by atoms with Gasteiger partial charge in [0.1, 0.15) is 23.3 Å². The van der Waals surface area contributed by atoms with Gasteiger partial charge in [0.2, 0.25) is 5.95 Å². The monoisotopic (exact) mass is 449 g/mol. The Labute approximate surface area is 180 Å². The zero-order chi connectivity index (χ0) is 22.9. The van der Waals surface area contributed by atoms with Gasteiger partial charge in [-0.05, 0) is 24.6 Å². The Morgan fingerprint density at radius 3 is 2.44 bits per heavy atom. The number of β-amino-alcohol motifs (C(OH)–C–C–N with tert-alkyl or cyclic N) is 1. The quantitative estimate of drug-likeness (QED) is 0.493. The fraction of sp³-hybridized carbons (Fsp3) is 0.300. The van der Waals surface area contributed by atoms with Gasteiger partial charge in [0.25, 0.3) is 0 Å². The van der Waals surface area contributed by atoms with Crippen molar-refractivity contribution in [3.63, 3.8) is 0 Å². The first-order chi connectivity index (χ1) is 15.1. The van der Waals surface area contributed by atoms with Crippen molar-refractivity contribution in [2.24, 2.45) is 0 Å². The molecule has 4 rings (SSSR count). The number of rotatable bonds is 6. The molecule has 3 aromatic rings. The van der Waals surface area contributed by atoms with Crippen LogP contribution in [0.15, 0.2) is 48.9 Å². The van der Waals surface area contributed by atoms with Crippen molar-refractivity contribution in [2.75, 3.05) is 28.6 Å². The predicted molar refractivity (Wildman–Crippen MR) is 109 cm³/mol. The third-order valence-electron chi connectivity index (χ3n) is 5.00. The summed E-state index contributed by atoms with van der Waals surface area (Å²) in [5.41, 5.74) is -2.02. The Morgan fingerprint density at radius 1 is 1.09 bits per heavy atom. The second-order valence-corrected chi connectivity index (χ2v) is 7.45. The molecule has 2 aromatic heterocycles. The van der Waals surface area contributed by atoms with Gasteiger partial charge < -0.3 is 20.6 Å². The van der Waals surface area contributed by atoms with Gasteiger partial charge >= 0.3 is 6.18 Å². The predicted octanol–water partition coefficient (Wildman–Crippen LogP) is 3.44. The number of alkyl halides is 3. The molecule has 1 saturated heterocycles. The Bertz CT molecular complexity index is 1070. The molecule has 168 valence electrons. The normalized spacial score (nSPS) is 16.2. The standard InChI is InChI=1S/C20H19F4N7O/c1-12(13-2-4-14(21)5-3-13)27-18-29-15(28-16-9-25-6-7-26-16)8-17(30-18)31-10-19(32,11-31)20(22,23)24/h2-9,12,32H,10-11H2,1H3,(H2,26,27,28,29,30)/t12-/m0/s1. The number of hydrogen-bond acceptors (Lipinski definition) is 8.